The third kappa shape index (κ3) is 3.15. The molecule has 1 aromatic rings. The van der Waals surface area contributed by atoms with Gasteiger partial charge in [0.25, 0.3) is 0 Å². The lowest BCUT2D eigenvalue weighted by atomic mass is 9.83. The molecule has 0 aliphatic carbocycles. The van der Waals surface area contributed by atoms with E-state index >= 15 is 0 Å². The molecule has 0 saturated heterocycles. The van der Waals surface area contributed by atoms with Crippen LogP contribution in [0.25, 0.3) is 0 Å². The molecule has 0 saturated carbocycles. The van der Waals surface area contributed by atoms with E-state index in [1.54, 1.807) is 0 Å². The Morgan fingerprint density at radius 3 is 2.53 bits per heavy atom. The van der Waals surface area contributed by atoms with Crippen molar-refractivity contribution in [2.24, 2.45) is 5.41 Å². The summed E-state index contributed by atoms with van der Waals surface area (Å²) in [6.07, 6.45) is 3.23. The number of hydrogen-bond donors (Lipinski definition) is 0. The standard InChI is InChI=1S/C15H22O2/c1-4-15(2,3)11-12-6-7-13-14(10-12)17-9-5-8-16-13/h6-7,10H,4-5,8-9,11H2,1-3H3. The first-order chi connectivity index (χ1) is 8.11. The van der Waals surface area contributed by atoms with Gasteiger partial charge in [-0.2, -0.15) is 0 Å². The summed E-state index contributed by atoms with van der Waals surface area (Å²) in [5.41, 5.74) is 1.68. The largest absolute Gasteiger partial charge is 0.490 e. The zero-order chi connectivity index (χ0) is 12.3. The number of rotatable bonds is 3. The Bertz CT molecular complexity index is 383. The van der Waals surface area contributed by atoms with Gasteiger partial charge in [-0.25, -0.2) is 0 Å². The molecule has 1 heterocycles. The normalized spacial score (nSPS) is 15.5. The highest BCUT2D eigenvalue weighted by molar-refractivity contribution is 5.43. The molecule has 0 unspecified atom stereocenters. The molecule has 2 nitrogen and oxygen atoms in total. The number of fused-ring (bicyclic) bond motifs is 1. The Balaban J connectivity index is 2.18. The van der Waals surface area contributed by atoms with E-state index in [1.807, 2.05) is 6.07 Å². The van der Waals surface area contributed by atoms with Crippen LogP contribution in [0.5, 0.6) is 11.5 Å². The molecule has 1 aliphatic rings. The van der Waals surface area contributed by atoms with Gasteiger partial charge in [0, 0.05) is 6.42 Å². The van der Waals surface area contributed by atoms with Crippen molar-refractivity contribution in [2.75, 3.05) is 13.2 Å². The summed E-state index contributed by atoms with van der Waals surface area (Å²) in [5.74, 6) is 1.80. The minimum absolute atomic E-state index is 0.347. The van der Waals surface area contributed by atoms with Gasteiger partial charge in [-0.15, -0.1) is 0 Å². The fourth-order valence-corrected chi connectivity index (χ4v) is 2.00. The molecule has 1 aliphatic heterocycles. The quantitative estimate of drug-likeness (QED) is 0.791. The van der Waals surface area contributed by atoms with Crippen LogP contribution in [-0.2, 0) is 6.42 Å². The molecular weight excluding hydrogens is 212 g/mol. The summed E-state index contributed by atoms with van der Waals surface area (Å²) in [4.78, 5) is 0. The Hall–Kier alpha value is -1.18. The van der Waals surface area contributed by atoms with E-state index in [2.05, 4.69) is 32.9 Å². The molecule has 0 radical (unpaired) electrons. The minimum atomic E-state index is 0.347. The van der Waals surface area contributed by atoms with E-state index in [4.69, 9.17) is 9.47 Å². The van der Waals surface area contributed by atoms with Crippen molar-refractivity contribution in [3.8, 4) is 11.5 Å². The Labute approximate surface area is 104 Å². The van der Waals surface area contributed by atoms with Gasteiger partial charge in [0.05, 0.1) is 13.2 Å². The lowest BCUT2D eigenvalue weighted by Crippen LogP contribution is -2.13. The summed E-state index contributed by atoms with van der Waals surface area (Å²) in [7, 11) is 0. The Morgan fingerprint density at radius 1 is 1.12 bits per heavy atom. The molecule has 0 aromatic heterocycles. The van der Waals surface area contributed by atoms with Crippen LogP contribution in [0.4, 0.5) is 0 Å². The fourth-order valence-electron chi connectivity index (χ4n) is 2.00. The van der Waals surface area contributed by atoms with Gasteiger partial charge in [-0.05, 0) is 29.5 Å². The predicted molar refractivity (Wildman–Crippen MR) is 69.8 cm³/mol. The molecule has 17 heavy (non-hydrogen) atoms. The molecule has 0 fully saturated rings. The van der Waals surface area contributed by atoms with Crippen LogP contribution in [-0.4, -0.2) is 13.2 Å². The smallest absolute Gasteiger partial charge is 0.161 e. The van der Waals surface area contributed by atoms with Crippen LogP contribution in [0.1, 0.15) is 39.2 Å². The topological polar surface area (TPSA) is 18.5 Å². The van der Waals surface area contributed by atoms with Gasteiger partial charge in [0.1, 0.15) is 0 Å². The molecule has 0 N–H and O–H groups in total. The highest BCUT2D eigenvalue weighted by Crippen LogP contribution is 2.33. The highest BCUT2D eigenvalue weighted by Gasteiger charge is 2.17. The van der Waals surface area contributed by atoms with Crippen LogP contribution in [0.2, 0.25) is 0 Å². The average Bonchev–Trinajstić information content (AvgIpc) is 2.53. The van der Waals surface area contributed by atoms with Crippen molar-refractivity contribution in [1.29, 1.82) is 0 Å². The van der Waals surface area contributed by atoms with E-state index in [-0.39, 0.29) is 0 Å². The van der Waals surface area contributed by atoms with Crippen LogP contribution in [0.3, 0.4) is 0 Å². The molecular formula is C15H22O2. The predicted octanol–water partition coefficient (Wildman–Crippen LogP) is 3.83. The van der Waals surface area contributed by atoms with Gasteiger partial charge >= 0.3 is 0 Å². The summed E-state index contributed by atoms with van der Waals surface area (Å²) in [5, 5.41) is 0. The van der Waals surface area contributed by atoms with E-state index in [9.17, 15) is 0 Å². The van der Waals surface area contributed by atoms with E-state index in [0.29, 0.717) is 5.41 Å². The third-order valence-electron chi connectivity index (χ3n) is 3.45. The SMILES string of the molecule is CCC(C)(C)Cc1ccc2c(c1)OCCCO2. The highest BCUT2D eigenvalue weighted by atomic mass is 16.5. The van der Waals surface area contributed by atoms with Crippen molar-refractivity contribution in [3.63, 3.8) is 0 Å². The molecule has 0 atom stereocenters. The van der Waals surface area contributed by atoms with Crippen LogP contribution in [0.15, 0.2) is 18.2 Å². The molecule has 1 aromatic carbocycles. The maximum Gasteiger partial charge on any atom is 0.161 e. The maximum absolute atomic E-state index is 5.71. The number of hydrogen-bond acceptors (Lipinski definition) is 2. The molecule has 94 valence electrons. The number of ether oxygens (including phenoxy) is 2. The number of benzene rings is 1. The van der Waals surface area contributed by atoms with Crippen molar-refractivity contribution in [2.45, 2.75) is 40.0 Å². The Morgan fingerprint density at radius 2 is 1.82 bits per heavy atom. The van der Waals surface area contributed by atoms with Gasteiger partial charge < -0.3 is 9.47 Å². The summed E-state index contributed by atoms with van der Waals surface area (Å²) >= 11 is 0. The van der Waals surface area contributed by atoms with Crippen LogP contribution < -0.4 is 9.47 Å². The second kappa shape index (κ2) is 4.99. The molecule has 0 bridgehead atoms. The van der Waals surface area contributed by atoms with Crippen LogP contribution >= 0.6 is 0 Å². The molecule has 2 heteroatoms. The first kappa shape index (κ1) is 12.3. The van der Waals surface area contributed by atoms with Crippen molar-refractivity contribution in [1.82, 2.24) is 0 Å². The first-order valence-electron chi connectivity index (χ1n) is 6.49. The molecule has 0 spiro atoms. The van der Waals surface area contributed by atoms with Crippen molar-refractivity contribution < 1.29 is 9.47 Å². The monoisotopic (exact) mass is 234 g/mol. The van der Waals surface area contributed by atoms with E-state index in [0.717, 1.165) is 37.6 Å². The summed E-state index contributed by atoms with van der Waals surface area (Å²) < 4.78 is 11.3. The zero-order valence-corrected chi connectivity index (χ0v) is 11.1. The summed E-state index contributed by atoms with van der Waals surface area (Å²) in [6.45, 7) is 8.36. The Kier molecular flexibility index (Phi) is 3.60. The first-order valence-corrected chi connectivity index (χ1v) is 6.49. The fraction of sp³-hybridized carbons (Fsp3) is 0.600. The van der Waals surface area contributed by atoms with E-state index < -0.39 is 0 Å². The van der Waals surface area contributed by atoms with Crippen molar-refractivity contribution >= 4 is 0 Å². The molecule has 2 rings (SSSR count). The summed E-state index contributed by atoms with van der Waals surface area (Å²) in [6, 6.07) is 6.34. The second-order valence-electron chi connectivity index (χ2n) is 5.53. The van der Waals surface area contributed by atoms with Gasteiger partial charge in [-0.3, -0.25) is 0 Å². The average molecular weight is 234 g/mol. The third-order valence-corrected chi connectivity index (χ3v) is 3.45. The molecule has 0 amide bonds. The maximum atomic E-state index is 5.71. The van der Waals surface area contributed by atoms with E-state index in [1.165, 1.54) is 12.0 Å². The van der Waals surface area contributed by atoms with Gasteiger partial charge in [0.2, 0.25) is 0 Å². The van der Waals surface area contributed by atoms with Crippen LogP contribution in [0, 0.1) is 5.41 Å². The lowest BCUT2D eigenvalue weighted by molar-refractivity contribution is 0.296. The van der Waals surface area contributed by atoms with Crippen molar-refractivity contribution in [3.05, 3.63) is 23.8 Å². The zero-order valence-electron chi connectivity index (χ0n) is 11.1. The van der Waals surface area contributed by atoms with Gasteiger partial charge in [-0.1, -0.05) is 33.3 Å². The lowest BCUT2D eigenvalue weighted by Gasteiger charge is -2.23. The second-order valence-corrected chi connectivity index (χ2v) is 5.53. The van der Waals surface area contributed by atoms with Gasteiger partial charge in [0.15, 0.2) is 11.5 Å². The minimum Gasteiger partial charge on any atom is -0.490 e.